The topological polar surface area (TPSA) is 6.48 Å². The predicted molar refractivity (Wildman–Crippen MR) is 116 cm³/mol. The zero-order valence-corrected chi connectivity index (χ0v) is 17.2. The number of hydrogen-bond donors (Lipinski definition) is 0. The Morgan fingerprint density at radius 3 is 2.27 bits per heavy atom. The van der Waals surface area contributed by atoms with Crippen molar-refractivity contribution in [2.45, 2.75) is 33.1 Å². The Hall–Kier alpha value is -1.64. The summed E-state index contributed by atoms with van der Waals surface area (Å²) in [6.45, 7) is 6.36. The fourth-order valence-electron chi connectivity index (χ4n) is 3.59. The lowest BCUT2D eigenvalue weighted by atomic mass is 10.1. The molecule has 0 atom stereocenters. The number of benzene rings is 2. The van der Waals surface area contributed by atoms with Gasteiger partial charge in [0.2, 0.25) is 0 Å². The zero-order valence-electron chi connectivity index (χ0n) is 15.7. The molecule has 1 aliphatic heterocycles. The van der Waals surface area contributed by atoms with Gasteiger partial charge < -0.3 is 9.80 Å². The average Bonchev–Trinajstić information content (AvgIpc) is 2.68. The lowest BCUT2D eigenvalue weighted by Crippen LogP contribution is -2.36. The summed E-state index contributed by atoms with van der Waals surface area (Å²) in [5.41, 5.74) is 3.37. The fraction of sp³-hybridized carbons (Fsp3) is 0.364. The maximum atomic E-state index is 6.95. The highest BCUT2D eigenvalue weighted by Crippen LogP contribution is 2.26. The van der Waals surface area contributed by atoms with Crippen molar-refractivity contribution >= 4 is 46.3 Å². The van der Waals surface area contributed by atoms with Gasteiger partial charge in [-0.1, -0.05) is 35.3 Å². The number of rotatable bonds is 3. The standard InChI is InChI=1S/C22H26Cl2N2/c1-4-17-8-13-20(26-14-6-5-7-15-26)22(24)21(17)16(2)25(3)19-11-9-18(23)10-12-19/h4,8-13H,5-7,14-15H2,1-3H3/b17-4+,21-16+. The van der Waals surface area contributed by atoms with E-state index in [1.165, 1.54) is 19.3 Å². The van der Waals surface area contributed by atoms with Crippen molar-refractivity contribution in [3.8, 4) is 0 Å². The van der Waals surface area contributed by atoms with Gasteiger partial charge in [0.25, 0.3) is 0 Å². The SMILES string of the molecule is C/C=c1\ccc(N2CCCCC2)c(Cl)\c1=C(/C)N(C)c1ccc(Cl)cc1. The molecule has 0 bridgehead atoms. The second-order valence-electron chi connectivity index (χ2n) is 6.82. The molecule has 138 valence electrons. The van der Waals surface area contributed by atoms with Crippen molar-refractivity contribution in [3.05, 3.63) is 56.9 Å². The van der Waals surface area contributed by atoms with Crippen molar-refractivity contribution in [2.75, 3.05) is 29.9 Å². The Kier molecular flexibility index (Phi) is 6.16. The van der Waals surface area contributed by atoms with Crippen molar-refractivity contribution < 1.29 is 0 Å². The number of piperidine rings is 1. The van der Waals surface area contributed by atoms with E-state index in [4.69, 9.17) is 23.2 Å². The van der Waals surface area contributed by atoms with Crippen molar-refractivity contribution in [1.82, 2.24) is 0 Å². The van der Waals surface area contributed by atoms with Gasteiger partial charge in [-0.2, -0.15) is 0 Å². The fourth-order valence-corrected chi connectivity index (χ4v) is 4.15. The quantitative estimate of drug-likeness (QED) is 0.725. The van der Waals surface area contributed by atoms with Crippen LogP contribution in [0.1, 0.15) is 33.1 Å². The third kappa shape index (κ3) is 3.87. The molecule has 2 aromatic carbocycles. The Labute approximate surface area is 166 Å². The molecule has 0 radical (unpaired) electrons. The van der Waals surface area contributed by atoms with Crippen LogP contribution in [0.3, 0.4) is 0 Å². The Bertz CT molecular complexity index is 882. The van der Waals surface area contributed by atoms with Gasteiger partial charge in [0.05, 0.1) is 10.7 Å². The number of hydrogen-bond acceptors (Lipinski definition) is 2. The summed E-state index contributed by atoms with van der Waals surface area (Å²) >= 11 is 13.0. The molecular formula is C22H26Cl2N2. The number of halogens is 2. The first-order valence-corrected chi connectivity index (χ1v) is 9.98. The Morgan fingerprint density at radius 1 is 1.00 bits per heavy atom. The van der Waals surface area contributed by atoms with Gasteiger partial charge in [-0.05, 0) is 68.7 Å². The highest BCUT2D eigenvalue weighted by molar-refractivity contribution is 6.33. The minimum atomic E-state index is 0.743. The van der Waals surface area contributed by atoms with Gasteiger partial charge in [0.15, 0.2) is 0 Å². The number of nitrogens with zero attached hydrogens (tertiary/aromatic N) is 2. The van der Waals surface area contributed by atoms with E-state index in [2.05, 4.69) is 48.9 Å². The molecule has 0 N–H and O–H groups in total. The Balaban J connectivity index is 2.14. The van der Waals surface area contributed by atoms with Crippen molar-refractivity contribution in [3.63, 3.8) is 0 Å². The molecule has 0 amide bonds. The molecular weight excluding hydrogens is 363 g/mol. The minimum absolute atomic E-state index is 0.743. The zero-order chi connectivity index (χ0) is 18.7. The maximum Gasteiger partial charge on any atom is 0.0735 e. The molecule has 1 heterocycles. The minimum Gasteiger partial charge on any atom is -0.370 e. The molecule has 1 fully saturated rings. The molecule has 3 rings (SSSR count). The molecule has 0 aromatic heterocycles. The second-order valence-corrected chi connectivity index (χ2v) is 7.63. The van der Waals surface area contributed by atoms with Crippen LogP contribution >= 0.6 is 23.2 Å². The van der Waals surface area contributed by atoms with E-state index >= 15 is 0 Å². The van der Waals surface area contributed by atoms with Gasteiger partial charge in [-0.25, -0.2) is 0 Å². The number of anilines is 2. The average molecular weight is 389 g/mol. The first-order chi connectivity index (χ1) is 12.5. The molecule has 0 saturated carbocycles. The van der Waals surface area contributed by atoms with Gasteiger partial charge in [0.1, 0.15) is 0 Å². The summed E-state index contributed by atoms with van der Waals surface area (Å²) < 4.78 is 0. The first-order valence-electron chi connectivity index (χ1n) is 9.23. The van der Waals surface area contributed by atoms with Gasteiger partial charge in [-0.15, -0.1) is 0 Å². The molecule has 0 unspecified atom stereocenters. The summed E-state index contributed by atoms with van der Waals surface area (Å²) in [6, 6.07) is 12.2. The predicted octanol–water partition coefficient (Wildman–Crippen LogP) is 5.05. The third-order valence-electron chi connectivity index (χ3n) is 5.24. The maximum absolute atomic E-state index is 6.95. The van der Waals surface area contributed by atoms with Crippen LogP contribution in [0.15, 0.2) is 36.4 Å². The molecule has 2 aromatic rings. The molecule has 4 heteroatoms. The van der Waals surface area contributed by atoms with Gasteiger partial charge in [-0.3, -0.25) is 0 Å². The first kappa shape index (κ1) is 19.1. The van der Waals surface area contributed by atoms with Gasteiger partial charge in [0, 0.05) is 41.8 Å². The van der Waals surface area contributed by atoms with Crippen LogP contribution in [0.4, 0.5) is 11.4 Å². The van der Waals surface area contributed by atoms with Crippen LogP contribution in [0, 0.1) is 0 Å². The molecule has 1 aliphatic rings. The Morgan fingerprint density at radius 2 is 1.65 bits per heavy atom. The normalized spacial score (nSPS) is 16.7. The summed E-state index contributed by atoms with van der Waals surface area (Å²) in [6.07, 6.45) is 5.91. The highest BCUT2D eigenvalue weighted by atomic mass is 35.5. The lowest BCUT2D eigenvalue weighted by molar-refractivity contribution is 0.578. The van der Waals surface area contributed by atoms with E-state index < -0.39 is 0 Å². The van der Waals surface area contributed by atoms with E-state index in [1.807, 2.05) is 24.3 Å². The van der Waals surface area contributed by atoms with Crippen LogP contribution in [-0.4, -0.2) is 20.1 Å². The van der Waals surface area contributed by atoms with Crippen LogP contribution in [0.2, 0.25) is 10.0 Å². The summed E-state index contributed by atoms with van der Waals surface area (Å²) in [4.78, 5) is 4.59. The van der Waals surface area contributed by atoms with E-state index in [0.29, 0.717) is 0 Å². The van der Waals surface area contributed by atoms with E-state index in [0.717, 1.165) is 50.6 Å². The van der Waals surface area contributed by atoms with Crippen molar-refractivity contribution in [1.29, 1.82) is 0 Å². The van der Waals surface area contributed by atoms with Crippen LogP contribution in [0.25, 0.3) is 11.8 Å². The van der Waals surface area contributed by atoms with Crippen LogP contribution in [0.5, 0.6) is 0 Å². The van der Waals surface area contributed by atoms with Gasteiger partial charge >= 0.3 is 0 Å². The molecule has 2 nitrogen and oxygen atoms in total. The van der Waals surface area contributed by atoms with E-state index in [1.54, 1.807) is 0 Å². The largest absolute Gasteiger partial charge is 0.370 e. The van der Waals surface area contributed by atoms with E-state index in [9.17, 15) is 0 Å². The van der Waals surface area contributed by atoms with Crippen LogP contribution < -0.4 is 20.2 Å². The molecule has 0 spiro atoms. The molecule has 1 saturated heterocycles. The summed E-state index contributed by atoms with van der Waals surface area (Å²) in [5.74, 6) is 0. The third-order valence-corrected chi connectivity index (χ3v) is 5.87. The monoisotopic (exact) mass is 388 g/mol. The van der Waals surface area contributed by atoms with Crippen LogP contribution in [-0.2, 0) is 0 Å². The van der Waals surface area contributed by atoms with E-state index in [-0.39, 0.29) is 0 Å². The summed E-state index contributed by atoms with van der Waals surface area (Å²) in [5, 5.41) is 3.86. The smallest absolute Gasteiger partial charge is 0.0735 e. The second kappa shape index (κ2) is 8.37. The van der Waals surface area contributed by atoms with Crippen molar-refractivity contribution in [2.24, 2.45) is 0 Å². The summed E-state index contributed by atoms with van der Waals surface area (Å²) in [7, 11) is 2.07. The molecule has 26 heavy (non-hydrogen) atoms. The lowest BCUT2D eigenvalue weighted by Gasteiger charge is -2.30. The highest BCUT2D eigenvalue weighted by Gasteiger charge is 2.16. The molecule has 0 aliphatic carbocycles.